The third kappa shape index (κ3) is 3.05. The first-order valence-corrected chi connectivity index (χ1v) is 7.59. The number of nitrogens with one attached hydrogen (secondary N) is 1. The summed E-state index contributed by atoms with van der Waals surface area (Å²) in [6.07, 6.45) is -0.269. The molecular formula is C16H14ClN3OS. The third-order valence-electron chi connectivity index (χ3n) is 3.20. The Hall–Kier alpha value is -2.11. The van der Waals surface area contributed by atoms with Crippen LogP contribution in [0.5, 0.6) is 5.75 Å². The molecule has 0 saturated carbocycles. The number of aromatic amines is 1. The fraction of sp³-hybridized carbons (Fsp3) is 0.125. The van der Waals surface area contributed by atoms with E-state index in [0.717, 1.165) is 11.4 Å². The number of rotatable bonds is 4. The largest absolute Gasteiger partial charge is 0.483 e. The van der Waals surface area contributed by atoms with Crippen LogP contribution < -0.4 is 4.74 Å². The maximum atomic E-state index is 5.92. The lowest BCUT2D eigenvalue weighted by atomic mass is 10.3. The molecule has 112 valence electrons. The molecule has 6 heteroatoms. The molecule has 1 N–H and O–H groups in total. The van der Waals surface area contributed by atoms with E-state index >= 15 is 0 Å². The summed E-state index contributed by atoms with van der Waals surface area (Å²) >= 11 is 11.2. The molecule has 2 aromatic carbocycles. The van der Waals surface area contributed by atoms with Crippen molar-refractivity contribution < 1.29 is 4.74 Å². The molecule has 4 nitrogen and oxygen atoms in total. The highest BCUT2D eigenvalue weighted by atomic mass is 35.5. The van der Waals surface area contributed by atoms with Crippen molar-refractivity contribution in [1.82, 2.24) is 14.8 Å². The van der Waals surface area contributed by atoms with Crippen LogP contribution in [0.2, 0.25) is 5.02 Å². The fourth-order valence-corrected chi connectivity index (χ4v) is 2.55. The van der Waals surface area contributed by atoms with E-state index < -0.39 is 0 Å². The molecule has 0 aliphatic rings. The first kappa shape index (κ1) is 14.8. The van der Waals surface area contributed by atoms with Gasteiger partial charge in [0.1, 0.15) is 5.75 Å². The molecule has 1 atom stereocenters. The molecule has 3 aromatic rings. The van der Waals surface area contributed by atoms with Crippen LogP contribution >= 0.6 is 23.8 Å². The number of aromatic nitrogens is 3. The summed E-state index contributed by atoms with van der Waals surface area (Å²) in [6, 6.07) is 17.1. The van der Waals surface area contributed by atoms with E-state index in [4.69, 9.17) is 28.6 Å². The molecule has 1 heterocycles. The van der Waals surface area contributed by atoms with Crippen LogP contribution in [0.3, 0.4) is 0 Å². The number of ether oxygens (including phenoxy) is 1. The van der Waals surface area contributed by atoms with Gasteiger partial charge in [0.25, 0.3) is 0 Å². The van der Waals surface area contributed by atoms with Crippen molar-refractivity contribution in [2.75, 3.05) is 0 Å². The van der Waals surface area contributed by atoms with Crippen LogP contribution in [0.15, 0.2) is 54.6 Å². The SMILES string of the molecule is C[C@@H](Oc1ccc(Cl)cc1)c1n[nH]c(=S)n1-c1ccccc1. The quantitative estimate of drug-likeness (QED) is 0.703. The first-order chi connectivity index (χ1) is 10.6. The zero-order valence-corrected chi connectivity index (χ0v) is 13.4. The zero-order valence-electron chi connectivity index (χ0n) is 11.9. The van der Waals surface area contributed by atoms with E-state index in [1.54, 1.807) is 12.1 Å². The van der Waals surface area contributed by atoms with Gasteiger partial charge in [0, 0.05) is 10.7 Å². The Morgan fingerprint density at radius 2 is 1.82 bits per heavy atom. The second-order valence-corrected chi connectivity index (χ2v) is 5.60. The summed E-state index contributed by atoms with van der Waals surface area (Å²) in [5.41, 5.74) is 0.947. The smallest absolute Gasteiger partial charge is 0.199 e. The summed E-state index contributed by atoms with van der Waals surface area (Å²) in [4.78, 5) is 0. The zero-order chi connectivity index (χ0) is 15.5. The van der Waals surface area contributed by atoms with Gasteiger partial charge in [-0.25, -0.2) is 0 Å². The van der Waals surface area contributed by atoms with Crippen LogP contribution in [0.25, 0.3) is 5.69 Å². The highest BCUT2D eigenvalue weighted by Gasteiger charge is 2.17. The number of H-pyrrole nitrogens is 1. The molecule has 1 aromatic heterocycles. The number of para-hydroxylation sites is 1. The molecule has 0 fully saturated rings. The molecule has 0 radical (unpaired) electrons. The van der Waals surface area contributed by atoms with E-state index in [0.29, 0.717) is 15.6 Å². The Balaban J connectivity index is 1.92. The Morgan fingerprint density at radius 1 is 1.14 bits per heavy atom. The molecule has 0 bridgehead atoms. The van der Waals surface area contributed by atoms with E-state index in [2.05, 4.69) is 10.2 Å². The summed E-state index contributed by atoms with van der Waals surface area (Å²) in [7, 11) is 0. The Morgan fingerprint density at radius 3 is 2.50 bits per heavy atom. The number of benzene rings is 2. The topological polar surface area (TPSA) is 42.8 Å². The van der Waals surface area contributed by atoms with Gasteiger partial charge in [-0.3, -0.25) is 9.67 Å². The lowest BCUT2D eigenvalue weighted by Gasteiger charge is -2.15. The van der Waals surface area contributed by atoms with Crippen molar-refractivity contribution in [3.63, 3.8) is 0 Å². The molecule has 0 saturated heterocycles. The van der Waals surface area contributed by atoms with E-state index in [1.807, 2.05) is 54.0 Å². The van der Waals surface area contributed by atoms with Crippen molar-refractivity contribution in [2.45, 2.75) is 13.0 Å². The van der Waals surface area contributed by atoms with Gasteiger partial charge in [0.15, 0.2) is 16.7 Å². The van der Waals surface area contributed by atoms with Gasteiger partial charge in [0.05, 0.1) is 0 Å². The van der Waals surface area contributed by atoms with Gasteiger partial charge in [-0.1, -0.05) is 29.8 Å². The van der Waals surface area contributed by atoms with Crippen LogP contribution in [-0.2, 0) is 0 Å². The lowest BCUT2D eigenvalue weighted by molar-refractivity contribution is 0.214. The predicted molar refractivity (Wildman–Crippen MR) is 89.2 cm³/mol. The minimum Gasteiger partial charge on any atom is -0.483 e. The van der Waals surface area contributed by atoms with Crippen molar-refractivity contribution >= 4 is 23.8 Å². The molecule has 0 aliphatic carbocycles. The monoisotopic (exact) mass is 331 g/mol. The van der Waals surface area contributed by atoms with Crippen molar-refractivity contribution in [2.24, 2.45) is 0 Å². The van der Waals surface area contributed by atoms with Crippen molar-refractivity contribution in [3.05, 3.63) is 70.2 Å². The summed E-state index contributed by atoms with van der Waals surface area (Å²) < 4.78 is 8.33. The summed E-state index contributed by atoms with van der Waals surface area (Å²) in [5.74, 6) is 1.44. The van der Waals surface area contributed by atoms with Gasteiger partial charge in [0.2, 0.25) is 0 Å². The fourth-order valence-electron chi connectivity index (χ4n) is 2.18. The van der Waals surface area contributed by atoms with Crippen molar-refractivity contribution in [3.8, 4) is 11.4 Å². The van der Waals surface area contributed by atoms with E-state index in [1.165, 1.54) is 0 Å². The molecule has 0 amide bonds. The Bertz CT molecular complexity index is 811. The van der Waals surface area contributed by atoms with Gasteiger partial charge in [-0.05, 0) is 55.5 Å². The Labute approximate surface area is 138 Å². The number of nitrogens with zero attached hydrogens (tertiary/aromatic N) is 2. The molecule has 22 heavy (non-hydrogen) atoms. The minimum atomic E-state index is -0.269. The van der Waals surface area contributed by atoms with Crippen LogP contribution in [0, 0.1) is 4.77 Å². The Kier molecular flexibility index (Phi) is 4.27. The summed E-state index contributed by atoms with van der Waals surface area (Å²) in [6.45, 7) is 1.93. The number of hydrogen-bond donors (Lipinski definition) is 1. The van der Waals surface area contributed by atoms with Crippen LogP contribution in [0.1, 0.15) is 18.9 Å². The first-order valence-electron chi connectivity index (χ1n) is 6.80. The van der Waals surface area contributed by atoms with E-state index in [9.17, 15) is 0 Å². The predicted octanol–water partition coefficient (Wildman–Crippen LogP) is 4.72. The molecule has 0 spiro atoms. The normalized spacial score (nSPS) is 12.1. The second kappa shape index (κ2) is 6.34. The van der Waals surface area contributed by atoms with Crippen LogP contribution in [0.4, 0.5) is 0 Å². The highest BCUT2D eigenvalue weighted by molar-refractivity contribution is 7.71. The highest BCUT2D eigenvalue weighted by Crippen LogP contribution is 2.24. The minimum absolute atomic E-state index is 0.269. The number of hydrogen-bond acceptors (Lipinski definition) is 3. The molecule has 0 unspecified atom stereocenters. The standard InChI is InChI=1S/C16H14ClN3OS/c1-11(21-14-9-7-12(17)8-10-14)15-18-19-16(22)20(15)13-5-3-2-4-6-13/h2-11H,1H3,(H,19,22)/t11-/m1/s1. The number of halogens is 1. The van der Waals surface area contributed by atoms with E-state index in [-0.39, 0.29) is 6.10 Å². The third-order valence-corrected chi connectivity index (χ3v) is 3.73. The average molecular weight is 332 g/mol. The average Bonchev–Trinajstić information content (AvgIpc) is 2.92. The lowest BCUT2D eigenvalue weighted by Crippen LogP contribution is -2.11. The van der Waals surface area contributed by atoms with Gasteiger partial charge in [-0.2, -0.15) is 5.10 Å². The maximum absolute atomic E-state index is 5.92. The van der Waals surface area contributed by atoms with Gasteiger partial charge < -0.3 is 4.74 Å². The van der Waals surface area contributed by atoms with Gasteiger partial charge >= 0.3 is 0 Å². The molecular weight excluding hydrogens is 318 g/mol. The maximum Gasteiger partial charge on any atom is 0.199 e. The van der Waals surface area contributed by atoms with Crippen molar-refractivity contribution in [1.29, 1.82) is 0 Å². The van der Waals surface area contributed by atoms with Crippen LogP contribution in [-0.4, -0.2) is 14.8 Å². The summed E-state index contributed by atoms with van der Waals surface area (Å²) in [5, 5.41) is 7.80. The second-order valence-electron chi connectivity index (χ2n) is 4.77. The molecule has 3 rings (SSSR count). The molecule has 0 aliphatic heterocycles. The van der Waals surface area contributed by atoms with Gasteiger partial charge in [-0.15, -0.1) is 0 Å².